The number of hydrogen-bond donors (Lipinski definition) is 2. The number of aliphatic carboxylic acids is 1. The fourth-order valence-electron chi connectivity index (χ4n) is 4.72. The Morgan fingerprint density at radius 1 is 1.06 bits per heavy atom. The highest BCUT2D eigenvalue weighted by atomic mass is 16.5. The number of carbonyl (C=O) groups is 3. The van der Waals surface area contributed by atoms with Crippen molar-refractivity contribution in [3.05, 3.63) is 59.7 Å². The molecule has 1 unspecified atom stereocenters. The van der Waals surface area contributed by atoms with E-state index in [-0.39, 0.29) is 43.7 Å². The van der Waals surface area contributed by atoms with Gasteiger partial charge in [-0.25, -0.2) is 4.79 Å². The number of alkyl carbamates (subject to hydrolysis) is 1. The van der Waals surface area contributed by atoms with E-state index < -0.39 is 17.6 Å². The summed E-state index contributed by atoms with van der Waals surface area (Å²) in [4.78, 5) is 37.7. The van der Waals surface area contributed by atoms with Gasteiger partial charge in [0.25, 0.3) is 0 Å². The molecule has 2 aliphatic carbocycles. The van der Waals surface area contributed by atoms with Crippen molar-refractivity contribution in [2.75, 3.05) is 20.2 Å². The number of carbonyl (C=O) groups excluding carboxylic acids is 2. The van der Waals surface area contributed by atoms with E-state index in [1.54, 1.807) is 7.05 Å². The van der Waals surface area contributed by atoms with Crippen molar-refractivity contribution in [2.45, 2.75) is 44.1 Å². The fourth-order valence-corrected chi connectivity index (χ4v) is 4.72. The second-order valence-electron chi connectivity index (χ2n) is 9.28. The zero-order valence-corrected chi connectivity index (χ0v) is 19.0. The first-order chi connectivity index (χ1) is 15.8. The lowest BCUT2D eigenvalue weighted by Gasteiger charge is -2.32. The highest BCUT2D eigenvalue weighted by Crippen LogP contribution is 2.45. The molecule has 2 N–H and O–H groups in total. The third-order valence-corrected chi connectivity index (χ3v) is 6.81. The third kappa shape index (κ3) is 5.02. The minimum atomic E-state index is -0.948. The molecule has 2 aliphatic rings. The Hall–Kier alpha value is -3.35. The van der Waals surface area contributed by atoms with Crippen LogP contribution in [-0.2, 0) is 14.3 Å². The average Bonchev–Trinajstić information content (AvgIpc) is 3.60. The molecule has 0 heterocycles. The summed E-state index contributed by atoms with van der Waals surface area (Å²) >= 11 is 0. The number of fused-ring (bicyclic) bond motifs is 3. The maximum absolute atomic E-state index is 12.8. The van der Waals surface area contributed by atoms with Crippen molar-refractivity contribution in [1.29, 1.82) is 0 Å². The first kappa shape index (κ1) is 22.8. The smallest absolute Gasteiger partial charge is 0.407 e. The molecule has 7 heteroatoms. The van der Waals surface area contributed by atoms with Crippen LogP contribution in [0.25, 0.3) is 11.1 Å². The van der Waals surface area contributed by atoms with Crippen molar-refractivity contribution in [3.63, 3.8) is 0 Å². The molecule has 0 saturated heterocycles. The summed E-state index contributed by atoms with van der Waals surface area (Å²) in [7, 11) is 1.59. The number of benzene rings is 2. The van der Waals surface area contributed by atoms with Gasteiger partial charge in [-0.05, 0) is 47.9 Å². The molecule has 4 rings (SSSR count). The molecule has 2 aromatic rings. The molecule has 0 bridgehead atoms. The number of carboxylic acids is 1. The largest absolute Gasteiger partial charge is 0.481 e. The number of hydrogen-bond acceptors (Lipinski definition) is 4. The zero-order valence-electron chi connectivity index (χ0n) is 19.0. The number of rotatable bonds is 9. The molecule has 0 spiro atoms. The van der Waals surface area contributed by atoms with Crippen LogP contribution in [0.2, 0.25) is 0 Å². The second-order valence-corrected chi connectivity index (χ2v) is 9.28. The van der Waals surface area contributed by atoms with Crippen LogP contribution >= 0.6 is 0 Å². The first-order valence-corrected chi connectivity index (χ1v) is 11.4. The summed E-state index contributed by atoms with van der Waals surface area (Å²) in [5.41, 5.74) is 3.90. The minimum Gasteiger partial charge on any atom is -0.481 e. The molecule has 2 amide bonds. The molecule has 1 atom stereocenters. The van der Waals surface area contributed by atoms with Gasteiger partial charge in [-0.3, -0.25) is 9.59 Å². The summed E-state index contributed by atoms with van der Waals surface area (Å²) in [5, 5.41) is 11.8. The maximum Gasteiger partial charge on any atom is 0.407 e. The number of nitrogens with zero attached hydrogens (tertiary/aromatic N) is 1. The SMILES string of the molecule is CN(CCC(=O)O)C(=O)CC(C)(NC(=O)OCC1c2ccccc2-c2ccccc21)C1CC1. The molecule has 174 valence electrons. The quantitative estimate of drug-likeness (QED) is 0.602. The summed E-state index contributed by atoms with van der Waals surface area (Å²) in [6.07, 6.45) is 1.34. The van der Waals surface area contributed by atoms with Gasteiger partial charge in [0, 0.05) is 19.5 Å². The van der Waals surface area contributed by atoms with Crippen LogP contribution < -0.4 is 5.32 Å². The highest BCUT2D eigenvalue weighted by Gasteiger charge is 2.45. The van der Waals surface area contributed by atoms with Gasteiger partial charge in [0.1, 0.15) is 6.61 Å². The van der Waals surface area contributed by atoms with E-state index in [1.165, 1.54) is 16.0 Å². The van der Waals surface area contributed by atoms with Crippen LogP contribution in [0.3, 0.4) is 0 Å². The van der Waals surface area contributed by atoms with Gasteiger partial charge in [-0.1, -0.05) is 48.5 Å². The van der Waals surface area contributed by atoms with Crippen molar-refractivity contribution in [2.24, 2.45) is 5.92 Å². The number of nitrogens with one attached hydrogen (secondary N) is 1. The van der Waals surface area contributed by atoms with E-state index in [1.807, 2.05) is 31.2 Å². The highest BCUT2D eigenvalue weighted by molar-refractivity contribution is 5.80. The lowest BCUT2D eigenvalue weighted by atomic mass is 9.91. The molecule has 0 radical (unpaired) electrons. The van der Waals surface area contributed by atoms with Crippen LogP contribution in [0.1, 0.15) is 49.7 Å². The molecule has 7 nitrogen and oxygen atoms in total. The van der Waals surface area contributed by atoms with Gasteiger partial charge in [-0.2, -0.15) is 0 Å². The lowest BCUT2D eigenvalue weighted by molar-refractivity contribution is -0.138. The monoisotopic (exact) mass is 450 g/mol. The molecule has 1 saturated carbocycles. The first-order valence-electron chi connectivity index (χ1n) is 11.4. The molecular formula is C26H30N2O5. The van der Waals surface area contributed by atoms with E-state index in [4.69, 9.17) is 9.84 Å². The average molecular weight is 451 g/mol. The molecule has 33 heavy (non-hydrogen) atoms. The molecule has 1 fully saturated rings. The van der Waals surface area contributed by atoms with Gasteiger partial charge in [0.2, 0.25) is 5.91 Å². The fraction of sp³-hybridized carbons (Fsp3) is 0.423. The molecule has 0 aromatic heterocycles. The standard InChI is InChI=1S/C26H30N2O5/c1-26(17-11-12-17,15-23(29)28(2)14-13-24(30)31)27-25(32)33-16-22-20-9-5-3-7-18(20)19-8-4-6-10-21(19)22/h3-10,17,22H,11-16H2,1-2H3,(H,27,32)(H,30,31). The Morgan fingerprint density at radius 3 is 2.18 bits per heavy atom. The van der Waals surface area contributed by atoms with E-state index in [9.17, 15) is 14.4 Å². The van der Waals surface area contributed by atoms with Crippen LogP contribution in [-0.4, -0.2) is 53.7 Å². The maximum atomic E-state index is 12.8. The van der Waals surface area contributed by atoms with Crippen LogP contribution in [0, 0.1) is 5.92 Å². The Labute approximate surface area is 193 Å². The lowest BCUT2D eigenvalue weighted by Crippen LogP contribution is -2.51. The Balaban J connectivity index is 1.39. The number of ether oxygens (including phenoxy) is 1. The number of amides is 2. The van der Waals surface area contributed by atoms with E-state index >= 15 is 0 Å². The molecular weight excluding hydrogens is 420 g/mol. The van der Waals surface area contributed by atoms with Crippen molar-refractivity contribution >= 4 is 18.0 Å². The van der Waals surface area contributed by atoms with Crippen molar-refractivity contribution in [1.82, 2.24) is 10.2 Å². The summed E-state index contributed by atoms with van der Waals surface area (Å²) in [5.74, 6) is -0.963. The summed E-state index contributed by atoms with van der Waals surface area (Å²) in [6, 6.07) is 16.3. The predicted octanol–water partition coefficient (Wildman–Crippen LogP) is 4.02. The number of carboxylic acid groups (broad SMARTS) is 1. The van der Waals surface area contributed by atoms with Gasteiger partial charge < -0.3 is 20.1 Å². The Kier molecular flexibility index (Phi) is 6.40. The second kappa shape index (κ2) is 9.25. The molecule has 2 aromatic carbocycles. The topological polar surface area (TPSA) is 95.9 Å². The Morgan fingerprint density at radius 2 is 1.64 bits per heavy atom. The van der Waals surface area contributed by atoms with E-state index in [2.05, 4.69) is 29.6 Å². The van der Waals surface area contributed by atoms with Gasteiger partial charge >= 0.3 is 12.1 Å². The van der Waals surface area contributed by atoms with Crippen LogP contribution in [0.4, 0.5) is 4.79 Å². The summed E-state index contributed by atoms with van der Waals surface area (Å²) < 4.78 is 5.68. The van der Waals surface area contributed by atoms with Gasteiger partial charge in [-0.15, -0.1) is 0 Å². The van der Waals surface area contributed by atoms with Crippen molar-refractivity contribution < 1.29 is 24.2 Å². The van der Waals surface area contributed by atoms with Crippen LogP contribution in [0.15, 0.2) is 48.5 Å². The summed E-state index contributed by atoms with van der Waals surface area (Å²) in [6.45, 7) is 2.22. The van der Waals surface area contributed by atoms with Gasteiger partial charge in [0.05, 0.1) is 18.4 Å². The third-order valence-electron chi connectivity index (χ3n) is 6.81. The minimum absolute atomic E-state index is 0.0286. The molecule has 0 aliphatic heterocycles. The van der Waals surface area contributed by atoms with E-state index in [0.29, 0.717) is 0 Å². The van der Waals surface area contributed by atoms with Crippen LogP contribution in [0.5, 0.6) is 0 Å². The van der Waals surface area contributed by atoms with Gasteiger partial charge in [0.15, 0.2) is 0 Å². The van der Waals surface area contributed by atoms with E-state index in [0.717, 1.165) is 24.0 Å². The Bertz CT molecular complexity index is 1020. The normalized spacial score (nSPS) is 16.3. The van der Waals surface area contributed by atoms with Crippen molar-refractivity contribution in [3.8, 4) is 11.1 Å². The predicted molar refractivity (Wildman–Crippen MR) is 124 cm³/mol. The zero-order chi connectivity index (χ0) is 23.6.